The highest BCUT2D eigenvalue weighted by Crippen LogP contribution is 2.25. The Morgan fingerprint density at radius 2 is 1.67 bits per heavy atom. The number of anilines is 1. The second-order valence-corrected chi connectivity index (χ2v) is 6.45. The zero-order valence-corrected chi connectivity index (χ0v) is 15.1. The van der Waals surface area contributed by atoms with Gasteiger partial charge in [-0.2, -0.15) is 5.10 Å². The lowest BCUT2D eigenvalue weighted by molar-refractivity contribution is 0.701. The van der Waals surface area contributed by atoms with Crippen LogP contribution < -0.4 is 10.9 Å². The van der Waals surface area contributed by atoms with Crippen molar-refractivity contribution in [1.29, 1.82) is 0 Å². The molecule has 2 aromatic carbocycles. The van der Waals surface area contributed by atoms with Gasteiger partial charge in [0, 0.05) is 13.1 Å². The van der Waals surface area contributed by atoms with Crippen LogP contribution >= 0.6 is 15.9 Å². The molecule has 122 valence electrons. The number of hydrogen-bond acceptors (Lipinski definition) is 3. The van der Waals surface area contributed by atoms with Crippen molar-refractivity contribution in [3.8, 4) is 11.1 Å². The highest BCUT2D eigenvalue weighted by Gasteiger charge is 2.11. The molecule has 0 saturated heterocycles. The lowest BCUT2D eigenvalue weighted by Crippen LogP contribution is -2.22. The van der Waals surface area contributed by atoms with Crippen LogP contribution in [-0.2, 0) is 7.05 Å². The van der Waals surface area contributed by atoms with E-state index in [0.717, 1.165) is 5.56 Å². The Labute approximate surface area is 149 Å². The Balaban J connectivity index is 1.80. The molecule has 1 aromatic heterocycles. The molecule has 3 aromatic rings. The van der Waals surface area contributed by atoms with Gasteiger partial charge in [0.15, 0.2) is 0 Å². The first-order chi connectivity index (χ1) is 11.6. The first kappa shape index (κ1) is 16.5. The van der Waals surface area contributed by atoms with Crippen molar-refractivity contribution in [3.05, 3.63) is 81.2 Å². The molecule has 0 radical (unpaired) electrons. The predicted octanol–water partition coefficient (Wildman–Crippen LogP) is 4.38. The van der Waals surface area contributed by atoms with Gasteiger partial charge in [-0.3, -0.25) is 4.79 Å². The maximum atomic E-state index is 11.9. The highest BCUT2D eigenvalue weighted by atomic mass is 79.9. The van der Waals surface area contributed by atoms with Gasteiger partial charge < -0.3 is 5.32 Å². The third-order valence-corrected chi connectivity index (χ3v) is 4.73. The first-order valence-electron chi connectivity index (χ1n) is 7.70. The Bertz CT molecular complexity index is 889. The largest absolute Gasteiger partial charge is 0.376 e. The molecule has 5 heteroatoms. The first-order valence-corrected chi connectivity index (χ1v) is 8.49. The average Bonchev–Trinajstić information content (AvgIpc) is 2.63. The standard InChI is InChI=1S/C19H18BrN3O/c1-13(22-17-12-21-23(2)19(24)18(17)20)14-8-10-16(11-9-14)15-6-4-3-5-7-15/h3-13,22H,1-2H3. The number of benzene rings is 2. The summed E-state index contributed by atoms with van der Waals surface area (Å²) >= 11 is 3.34. The Kier molecular flexibility index (Phi) is 4.81. The van der Waals surface area contributed by atoms with E-state index in [4.69, 9.17) is 0 Å². The molecule has 0 fully saturated rings. The number of rotatable bonds is 4. The fraction of sp³-hybridized carbons (Fsp3) is 0.158. The summed E-state index contributed by atoms with van der Waals surface area (Å²) in [4.78, 5) is 11.9. The monoisotopic (exact) mass is 383 g/mol. The second kappa shape index (κ2) is 7.01. The lowest BCUT2D eigenvalue weighted by Gasteiger charge is -2.17. The number of halogens is 1. The van der Waals surface area contributed by atoms with Gasteiger partial charge >= 0.3 is 0 Å². The van der Waals surface area contributed by atoms with Crippen LogP contribution in [0.25, 0.3) is 11.1 Å². The van der Waals surface area contributed by atoms with Crippen molar-refractivity contribution in [3.63, 3.8) is 0 Å². The molecule has 4 nitrogen and oxygen atoms in total. The molecule has 0 amide bonds. The van der Waals surface area contributed by atoms with E-state index < -0.39 is 0 Å². The SMILES string of the molecule is CC(Nc1cnn(C)c(=O)c1Br)c1ccc(-c2ccccc2)cc1. The average molecular weight is 384 g/mol. The fourth-order valence-electron chi connectivity index (χ4n) is 2.52. The molecule has 1 heterocycles. The number of nitrogens with one attached hydrogen (secondary N) is 1. The summed E-state index contributed by atoms with van der Waals surface area (Å²) in [5, 5.41) is 7.38. The van der Waals surface area contributed by atoms with Crippen LogP contribution in [0.5, 0.6) is 0 Å². The van der Waals surface area contributed by atoms with Crippen molar-refractivity contribution < 1.29 is 0 Å². The molecular formula is C19H18BrN3O. The molecule has 0 bridgehead atoms. The summed E-state index contributed by atoms with van der Waals surface area (Å²) in [6, 6.07) is 18.8. The molecule has 0 aliphatic carbocycles. The summed E-state index contributed by atoms with van der Waals surface area (Å²) in [6.45, 7) is 2.06. The van der Waals surface area contributed by atoms with Gasteiger partial charge in [0.1, 0.15) is 4.47 Å². The van der Waals surface area contributed by atoms with E-state index in [9.17, 15) is 4.79 Å². The van der Waals surface area contributed by atoms with Crippen LogP contribution in [0.15, 0.2) is 70.1 Å². The van der Waals surface area contributed by atoms with Crippen molar-refractivity contribution >= 4 is 21.6 Å². The molecule has 24 heavy (non-hydrogen) atoms. The predicted molar refractivity (Wildman–Crippen MR) is 101 cm³/mol. The zero-order valence-electron chi connectivity index (χ0n) is 13.5. The molecule has 0 aliphatic heterocycles. The van der Waals surface area contributed by atoms with Crippen molar-refractivity contribution in [2.75, 3.05) is 5.32 Å². The molecule has 0 spiro atoms. The Morgan fingerprint density at radius 3 is 2.33 bits per heavy atom. The van der Waals surface area contributed by atoms with Gasteiger partial charge in [0.2, 0.25) is 0 Å². The number of hydrogen-bond donors (Lipinski definition) is 1. The van der Waals surface area contributed by atoms with Crippen LogP contribution in [0.1, 0.15) is 18.5 Å². The quantitative estimate of drug-likeness (QED) is 0.726. The summed E-state index contributed by atoms with van der Waals surface area (Å²) in [5.74, 6) is 0. The molecule has 0 saturated carbocycles. The third kappa shape index (κ3) is 3.41. The van der Waals surface area contributed by atoms with E-state index in [1.165, 1.54) is 15.8 Å². The van der Waals surface area contributed by atoms with Crippen LogP contribution in [-0.4, -0.2) is 9.78 Å². The van der Waals surface area contributed by atoms with Gasteiger partial charge in [-0.25, -0.2) is 4.68 Å². The molecule has 1 unspecified atom stereocenters. The summed E-state index contributed by atoms with van der Waals surface area (Å²) < 4.78 is 1.79. The minimum absolute atomic E-state index is 0.0556. The second-order valence-electron chi connectivity index (χ2n) is 5.66. The molecule has 3 rings (SSSR count). The molecule has 1 atom stereocenters. The molecular weight excluding hydrogens is 366 g/mol. The van der Waals surface area contributed by atoms with E-state index >= 15 is 0 Å². The van der Waals surface area contributed by atoms with Gasteiger partial charge in [-0.1, -0.05) is 54.6 Å². The summed E-state index contributed by atoms with van der Waals surface area (Å²) in [6.07, 6.45) is 1.65. The van der Waals surface area contributed by atoms with E-state index in [-0.39, 0.29) is 11.6 Å². The van der Waals surface area contributed by atoms with Gasteiger partial charge in [0.05, 0.1) is 11.9 Å². The van der Waals surface area contributed by atoms with Gasteiger partial charge in [-0.05, 0) is 39.5 Å². The maximum absolute atomic E-state index is 11.9. The minimum atomic E-state index is -0.161. The van der Waals surface area contributed by atoms with E-state index in [1.54, 1.807) is 13.2 Å². The Hall–Kier alpha value is -2.40. The van der Waals surface area contributed by atoms with Crippen LogP contribution in [0.2, 0.25) is 0 Å². The highest BCUT2D eigenvalue weighted by molar-refractivity contribution is 9.10. The van der Waals surface area contributed by atoms with Gasteiger partial charge in [-0.15, -0.1) is 0 Å². The van der Waals surface area contributed by atoms with E-state index in [0.29, 0.717) is 10.2 Å². The van der Waals surface area contributed by atoms with Crippen molar-refractivity contribution in [2.45, 2.75) is 13.0 Å². The van der Waals surface area contributed by atoms with E-state index in [2.05, 4.69) is 69.7 Å². The van der Waals surface area contributed by atoms with Crippen LogP contribution in [0.4, 0.5) is 5.69 Å². The normalized spacial score (nSPS) is 12.0. The molecule has 1 N–H and O–H groups in total. The topological polar surface area (TPSA) is 46.9 Å². The number of aryl methyl sites for hydroxylation is 1. The minimum Gasteiger partial charge on any atom is -0.376 e. The molecule has 0 aliphatic rings. The Morgan fingerprint density at radius 1 is 1.04 bits per heavy atom. The van der Waals surface area contributed by atoms with Crippen LogP contribution in [0, 0.1) is 0 Å². The zero-order chi connectivity index (χ0) is 17.1. The van der Waals surface area contributed by atoms with Crippen molar-refractivity contribution in [1.82, 2.24) is 9.78 Å². The fourth-order valence-corrected chi connectivity index (χ4v) is 3.00. The smallest absolute Gasteiger partial charge is 0.282 e. The van der Waals surface area contributed by atoms with Crippen molar-refractivity contribution in [2.24, 2.45) is 7.05 Å². The van der Waals surface area contributed by atoms with Gasteiger partial charge in [0.25, 0.3) is 5.56 Å². The van der Waals surface area contributed by atoms with E-state index in [1.807, 2.05) is 18.2 Å². The third-order valence-electron chi connectivity index (χ3n) is 3.97. The number of nitrogens with zero attached hydrogens (tertiary/aromatic N) is 2. The maximum Gasteiger partial charge on any atom is 0.282 e. The number of aromatic nitrogens is 2. The summed E-state index contributed by atoms with van der Waals surface area (Å²) in [5.41, 5.74) is 4.05. The van der Waals surface area contributed by atoms with Crippen LogP contribution in [0.3, 0.4) is 0 Å². The lowest BCUT2D eigenvalue weighted by atomic mass is 10.0. The summed E-state index contributed by atoms with van der Waals surface area (Å²) in [7, 11) is 1.63.